The van der Waals surface area contributed by atoms with E-state index in [9.17, 15) is 9.59 Å². The van der Waals surface area contributed by atoms with Gasteiger partial charge in [0, 0.05) is 31.1 Å². The molecule has 150 valence electrons. The third-order valence-corrected chi connectivity index (χ3v) is 8.19. The largest absolute Gasteiger partial charge is 0.334 e. The van der Waals surface area contributed by atoms with Crippen LogP contribution in [0.15, 0.2) is 23.6 Å². The first kappa shape index (κ1) is 19.6. The number of carbonyl (C=O) groups is 2. The molecule has 0 aromatic carbocycles. The zero-order chi connectivity index (χ0) is 19.9. The van der Waals surface area contributed by atoms with Crippen LogP contribution in [0, 0.1) is 11.3 Å². The molecular formula is C22H28N2O2S2. The van der Waals surface area contributed by atoms with Gasteiger partial charge in [-0.1, -0.05) is 26.8 Å². The lowest BCUT2D eigenvalue weighted by atomic mass is 9.72. The molecule has 6 heteroatoms. The molecule has 0 radical (unpaired) electrons. The maximum atomic E-state index is 13.0. The fourth-order valence-electron chi connectivity index (χ4n) is 4.19. The number of thiophene rings is 2. The van der Waals surface area contributed by atoms with Gasteiger partial charge >= 0.3 is 0 Å². The summed E-state index contributed by atoms with van der Waals surface area (Å²) < 4.78 is 0. The number of piperazine rings is 1. The summed E-state index contributed by atoms with van der Waals surface area (Å²) in [7, 11) is 0. The van der Waals surface area contributed by atoms with E-state index in [4.69, 9.17) is 0 Å². The highest BCUT2D eigenvalue weighted by Gasteiger charge is 2.32. The zero-order valence-corrected chi connectivity index (χ0v) is 18.5. The lowest BCUT2D eigenvalue weighted by Crippen LogP contribution is -2.50. The number of amides is 2. The van der Waals surface area contributed by atoms with Crippen LogP contribution in [0.25, 0.3) is 0 Å². The molecule has 0 N–H and O–H groups in total. The molecule has 0 spiro atoms. The number of hydrogen-bond donors (Lipinski definition) is 0. The Bertz CT molecular complexity index is 856. The standard InChI is InChI=1S/C22H28N2O2S2/c1-22(2,3)16-6-7-17-15(13-16)14-19(28-17)21(26)24-10-8-23(9-11-24)20(25)18-5-4-12-27-18/h4-5,12,14,16H,6-11,13H2,1-3H3/t16-/m0/s1. The average Bonchev–Trinajstić information content (AvgIpc) is 3.35. The van der Waals surface area contributed by atoms with E-state index < -0.39 is 0 Å². The summed E-state index contributed by atoms with van der Waals surface area (Å²) in [5.74, 6) is 0.904. The molecule has 1 fully saturated rings. The molecule has 3 heterocycles. The molecular weight excluding hydrogens is 388 g/mol. The van der Waals surface area contributed by atoms with Crippen LogP contribution in [0.4, 0.5) is 0 Å². The first-order valence-electron chi connectivity index (χ1n) is 10.1. The van der Waals surface area contributed by atoms with Gasteiger partial charge in [-0.05, 0) is 53.7 Å². The molecule has 2 aromatic heterocycles. The van der Waals surface area contributed by atoms with Crippen molar-refractivity contribution >= 4 is 34.5 Å². The average molecular weight is 417 g/mol. The first-order valence-corrected chi connectivity index (χ1v) is 11.8. The fraction of sp³-hybridized carbons (Fsp3) is 0.545. The Morgan fingerprint density at radius 2 is 1.68 bits per heavy atom. The van der Waals surface area contributed by atoms with Crippen molar-refractivity contribution in [3.05, 3.63) is 43.8 Å². The van der Waals surface area contributed by atoms with Crippen LogP contribution >= 0.6 is 22.7 Å². The maximum absolute atomic E-state index is 13.0. The van der Waals surface area contributed by atoms with Gasteiger partial charge in [0.1, 0.15) is 0 Å². The Labute approximate surface area is 175 Å². The van der Waals surface area contributed by atoms with E-state index in [2.05, 4.69) is 26.8 Å². The molecule has 1 aliphatic carbocycles. The molecule has 4 nitrogen and oxygen atoms in total. The number of aryl methyl sites for hydroxylation is 1. The third kappa shape index (κ3) is 3.90. The van der Waals surface area contributed by atoms with Gasteiger partial charge in [0.25, 0.3) is 11.8 Å². The fourth-order valence-corrected chi connectivity index (χ4v) is 6.06. The van der Waals surface area contributed by atoms with Gasteiger partial charge in [-0.25, -0.2) is 0 Å². The monoisotopic (exact) mass is 416 g/mol. The molecule has 2 aromatic rings. The molecule has 2 amide bonds. The zero-order valence-electron chi connectivity index (χ0n) is 16.9. The van der Waals surface area contributed by atoms with Gasteiger partial charge in [0.2, 0.25) is 0 Å². The van der Waals surface area contributed by atoms with Crippen molar-refractivity contribution in [2.75, 3.05) is 26.2 Å². The Kier molecular flexibility index (Phi) is 5.36. The van der Waals surface area contributed by atoms with Crippen molar-refractivity contribution in [3.63, 3.8) is 0 Å². The number of hydrogen-bond acceptors (Lipinski definition) is 4. The second kappa shape index (κ2) is 7.64. The van der Waals surface area contributed by atoms with Gasteiger partial charge in [-0.2, -0.15) is 0 Å². The minimum Gasteiger partial charge on any atom is -0.334 e. The van der Waals surface area contributed by atoms with Crippen molar-refractivity contribution in [2.45, 2.75) is 40.0 Å². The van der Waals surface area contributed by atoms with Gasteiger partial charge in [0.15, 0.2) is 0 Å². The summed E-state index contributed by atoms with van der Waals surface area (Å²) >= 11 is 3.16. The number of carbonyl (C=O) groups excluding carboxylic acids is 2. The molecule has 1 atom stereocenters. The van der Waals surface area contributed by atoms with Gasteiger partial charge in [-0.15, -0.1) is 22.7 Å². The van der Waals surface area contributed by atoms with Crippen molar-refractivity contribution in [1.29, 1.82) is 0 Å². The number of rotatable bonds is 2. The van der Waals surface area contributed by atoms with E-state index >= 15 is 0 Å². The molecule has 2 aliphatic rings. The molecule has 4 rings (SSSR count). The van der Waals surface area contributed by atoms with Crippen molar-refractivity contribution in [2.24, 2.45) is 11.3 Å². The Morgan fingerprint density at radius 1 is 1.04 bits per heavy atom. The summed E-state index contributed by atoms with van der Waals surface area (Å²) in [6, 6.07) is 5.91. The summed E-state index contributed by atoms with van der Waals surface area (Å²) in [6.45, 7) is 9.40. The Morgan fingerprint density at radius 3 is 2.25 bits per heavy atom. The van der Waals surface area contributed by atoms with E-state index in [1.54, 1.807) is 11.3 Å². The van der Waals surface area contributed by atoms with Crippen LogP contribution < -0.4 is 0 Å². The maximum Gasteiger partial charge on any atom is 0.264 e. The van der Waals surface area contributed by atoms with E-state index in [1.807, 2.05) is 27.3 Å². The van der Waals surface area contributed by atoms with Crippen LogP contribution in [-0.2, 0) is 12.8 Å². The van der Waals surface area contributed by atoms with Crippen molar-refractivity contribution in [1.82, 2.24) is 9.80 Å². The highest BCUT2D eigenvalue weighted by atomic mass is 32.1. The predicted octanol–water partition coefficient (Wildman–Crippen LogP) is 4.56. The highest BCUT2D eigenvalue weighted by molar-refractivity contribution is 7.14. The second-order valence-electron chi connectivity index (χ2n) is 8.93. The Balaban J connectivity index is 1.39. The molecule has 0 bridgehead atoms. The van der Waals surface area contributed by atoms with E-state index in [-0.39, 0.29) is 11.8 Å². The van der Waals surface area contributed by atoms with Crippen LogP contribution in [0.2, 0.25) is 0 Å². The minimum absolute atomic E-state index is 0.0851. The van der Waals surface area contributed by atoms with Gasteiger partial charge in [-0.3, -0.25) is 9.59 Å². The minimum atomic E-state index is 0.0851. The number of nitrogens with zero attached hydrogens (tertiary/aromatic N) is 2. The summed E-state index contributed by atoms with van der Waals surface area (Å²) in [6.07, 6.45) is 3.40. The summed E-state index contributed by atoms with van der Waals surface area (Å²) in [5, 5.41) is 1.93. The topological polar surface area (TPSA) is 40.6 Å². The normalized spacial score (nSPS) is 20.2. The number of fused-ring (bicyclic) bond motifs is 1. The molecule has 0 unspecified atom stereocenters. The van der Waals surface area contributed by atoms with Gasteiger partial charge in [0.05, 0.1) is 9.75 Å². The van der Waals surface area contributed by atoms with Crippen molar-refractivity contribution in [3.8, 4) is 0 Å². The highest BCUT2D eigenvalue weighted by Crippen LogP contribution is 2.40. The molecule has 1 aliphatic heterocycles. The summed E-state index contributed by atoms with van der Waals surface area (Å²) in [5.41, 5.74) is 1.70. The van der Waals surface area contributed by atoms with Crippen LogP contribution in [-0.4, -0.2) is 47.8 Å². The van der Waals surface area contributed by atoms with Crippen LogP contribution in [0.1, 0.15) is 57.0 Å². The van der Waals surface area contributed by atoms with E-state index in [1.165, 1.54) is 28.2 Å². The first-order chi connectivity index (χ1) is 13.3. The van der Waals surface area contributed by atoms with Crippen LogP contribution in [0.5, 0.6) is 0 Å². The molecule has 1 saturated heterocycles. The lowest BCUT2D eigenvalue weighted by molar-refractivity contribution is 0.0540. The SMILES string of the molecule is CC(C)(C)[C@H]1CCc2sc(C(=O)N3CCN(C(=O)c4cccs4)CC3)cc2C1. The molecule has 28 heavy (non-hydrogen) atoms. The second-order valence-corrected chi connectivity index (χ2v) is 11.0. The summed E-state index contributed by atoms with van der Waals surface area (Å²) in [4.78, 5) is 32.3. The Hall–Kier alpha value is -1.66. The van der Waals surface area contributed by atoms with Crippen LogP contribution in [0.3, 0.4) is 0 Å². The quantitative estimate of drug-likeness (QED) is 0.720. The smallest absolute Gasteiger partial charge is 0.264 e. The van der Waals surface area contributed by atoms with E-state index in [0.717, 1.165) is 22.6 Å². The van der Waals surface area contributed by atoms with E-state index in [0.29, 0.717) is 37.5 Å². The third-order valence-electron chi connectivity index (χ3n) is 6.10. The van der Waals surface area contributed by atoms with Gasteiger partial charge < -0.3 is 9.80 Å². The van der Waals surface area contributed by atoms with Crippen molar-refractivity contribution < 1.29 is 9.59 Å². The predicted molar refractivity (Wildman–Crippen MR) is 115 cm³/mol. The molecule has 0 saturated carbocycles. The lowest BCUT2D eigenvalue weighted by Gasteiger charge is -2.34.